The summed E-state index contributed by atoms with van der Waals surface area (Å²) in [5.41, 5.74) is 3.54. The van der Waals surface area contributed by atoms with Crippen molar-refractivity contribution in [3.05, 3.63) is 63.7 Å². The first-order valence-corrected chi connectivity index (χ1v) is 14.7. The summed E-state index contributed by atoms with van der Waals surface area (Å²) in [6.45, 7) is 17.6. The summed E-state index contributed by atoms with van der Waals surface area (Å²) >= 11 is 0. The average Bonchev–Trinajstić information content (AvgIpc) is 2.86. The van der Waals surface area contributed by atoms with E-state index in [4.69, 9.17) is 14.2 Å². The highest BCUT2D eigenvalue weighted by atomic mass is 16.6. The van der Waals surface area contributed by atoms with Gasteiger partial charge in [0.15, 0.2) is 11.4 Å². The number of carbonyl (C=O) groups is 2. The van der Waals surface area contributed by atoms with Gasteiger partial charge in [0.2, 0.25) is 0 Å². The van der Waals surface area contributed by atoms with E-state index in [-0.39, 0.29) is 5.78 Å². The molecule has 1 aliphatic rings. The van der Waals surface area contributed by atoms with Crippen LogP contribution < -0.4 is 9.47 Å². The third-order valence-corrected chi connectivity index (χ3v) is 7.40. The van der Waals surface area contributed by atoms with Crippen molar-refractivity contribution in [1.29, 1.82) is 0 Å². The van der Waals surface area contributed by atoms with Gasteiger partial charge in [-0.05, 0) is 133 Å². The molecule has 40 heavy (non-hydrogen) atoms. The molecule has 0 saturated heterocycles. The second kappa shape index (κ2) is 13.1. The maximum absolute atomic E-state index is 13.1. The Labute approximate surface area is 241 Å². The van der Waals surface area contributed by atoms with Crippen molar-refractivity contribution in [1.82, 2.24) is 0 Å². The molecule has 1 aliphatic carbocycles. The summed E-state index contributed by atoms with van der Waals surface area (Å²) in [4.78, 5) is 25.7. The Morgan fingerprint density at radius 2 is 1.38 bits per heavy atom. The minimum atomic E-state index is -1.14. The summed E-state index contributed by atoms with van der Waals surface area (Å²) in [6.07, 6.45) is 11.2. The molecule has 0 amide bonds. The molecule has 0 radical (unpaired) electrons. The third kappa shape index (κ3) is 8.71. The molecule has 0 atom stereocenters. The van der Waals surface area contributed by atoms with Crippen LogP contribution in [0.3, 0.4) is 0 Å². The first-order valence-electron chi connectivity index (χ1n) is 14.7. The van der Waals surface area contributed by atoms with Crippen molar-refractivity contribution < 1.29 is 23.8 Å². The molecule has 0 bridgehead atoms. The van der Waals surface area contributed by atoms with Crippen LogP contribution in [-0.4, -0.2) is 29.6 Å². The normalized spacial score (nSPS) is 14.8. The lowest BCUT2D eigenvalue weighted by atomic mass is 9.87. The fraction of sp³-hybridized carbons (Fsp3) is 0.543. The summed E-state index contributed by atoms with van der Waals surface area (Å²) in [5, 5.41) is 0. The molecule has 0 spiro atoms. The van der Waals surface area contributed by atoms with Gasteiger partial charge in [-0.1, -0.05) is 38.2 Å². The number of hydrogen-bond acceptors (Lipinski definition) is 5. The highest BCUT2D eigenvalue weighted by Crippen LogP contribution is 2.31. The van der Waals surface area contributed by atoms with Crippen molar-refractivity contribution >= 4 is 17.8 Å². The van der Waals surface area contributed by atoms with Crippen molar-refractivity contribution in [2.45, 2.75) is 112 Å². The number of ether oxygens (including phenoxy) is 3. The van der Waals surface area contributed by atoms with Crippen molar-refractivity contribution in [3.8, 4) is 11.5 Å². The minimum Gasteiger partial charge on any atom is -0.493 e. The predicted octanol–water partition coefficient (Wildman–Crippen LogP) is 8.66. The van der Waals surface area contributed by atoms with Crippen LogP contribution in [0.2, 0.25) is 0 Å². The van der Waals surface area contributed by atoms with E-state index >= 15 is 0 Å². The van der Waals surface area contributed by atoms with E-state index in [1.165, 1.54) is 32.1 Å². The van der Waals surface area contributed by atoms with Gasteiger partial charge in [-0.3, -0.25) is 4.79 Å². The summed E-state index contributed by atoms with van der Waals surface area (Å²) in [7, 11) is 0. The highest BCUT2D eigenvalue weighted by Gasteiger charge is 2.35. The van der Waals surface area contributed by atoms with E-state index in [0.717, 1.165) is 52.5 Å². The number of ketones is 1. The molecule has 5 heteroatoms. The predicted molar refractivity (Wildman–Crippen MR) is 162 cm³/mol. The third-order valence-electron chi connectivity index (χ3n) is 7.40. The molecule has 0 unspecified atom stereocenters. The van der Waals surface area contributed by atoms with Gasteiger partial charge in [0.25, 0.3) is 0 Å². The largest absolute Gasteiger partial charge is 0.493 e. The van der Waals surface area contributed by atoms with E-state index in [2.05, 4.69) is 0 Å². The zero-order valence-electron chi connectivity index (χ0n) is 26.0. The average molecular weight is 549 g/mol. The number of hydrogen-bond donors (Lipinski definition) is 0. The number of carbonyl (C=O) groups excluding carboxylic acids is 2. The number of allylic oxidation sites excluding steroid dienone is 1. The Bertz CT molecular complexity index is 1190. The zero-order valence-corrected chi connectivity index (χ0v) is 26.0. The van der Waals surface area contributed by atoms with Gasteiger partial charge in [-0.15, -0.1) is 0 Å². The quantitative estimate of drug-likeness (QED) is 0.169. The van der Waals surface area contributed by atoms with Gasteiger partial charge < -0.3 is 14.2 Å². The number of esters is 1. The molecule has 1 fully saturated rings. The molecule has 0 heterocycles. The summed E-state index contributed by atoms with van der Waals surface area (Å²) in [5.74, 6) is 1.85. The number of benzene rings is 2. The van der Waals surface area contributed by atoms with E-state index in [9.17, 15) is 9.59 Å². The molecule has 5 nitrogen and oxygen atoms in total. The van der Waals surface area contributed by atoms with E-state index in [0.29, 0.717) is 11.3 Å². The highest BCUT2D eigenvalue weighted by molar-refractivity contribution is 6.07. The minimum absolute atomic E-state index is 0.0540. The summed E-state index contributed by atoms with van der Waals surface area (Å²) < 4.78 is 17.9. The molecule has 0 aliphatic heterocycles. The van der Waals surface area contributed by atoms with Crippen molar-refractivity contribution in [2.75, 3.05) is 6.61 Å². The lowest BCUT2D eigenvalue weighted by molar-refractivity contribution is -0.171. The molecule has 1 saturated carbocycles. The van der Waals surface area contributed by atoms with Crippen LogP contribution in [0.5, 0.6) is 11.5 Å². The maximum Gasteiger partial charge on any atom is 0.350 e. The van der Waals surface area contributed by atoms with Gasteiger partial charge in [0.1, 0.15) is 17.1 Å². The Kier molecular flexibility index (Phi) is 10.3. The fourth-order valence-electron chi connectivity index (χ4n) is 5.33. The standard InChI is InChI=1S/C35H48O5/c1-23-19-28(20-24(2)32(23)39-35(8,9)33(37)40-34(5,6)7)15-16-30(36)29-21-25(3)31(26(4)22-29)38-18-17-27-13-11-10-12-14-27/h15-16,19-22,27H,10-14,17-18H2,1-9H3. The molecular weight excluding hydrogens is 500 g/mol. The van der Waals surface area contributed by atoms with Crippen LogP contribution in [0.25, 0.3) is 6.08 Å². The second-order valence-corrected chi connectivity index (χ2v) is 12.9. The lowest BCUT2D eigenvalue weighted by Crippen LogP contribution is -2.43. The molecule has 3 rings (SSSR count). The molecule has 0 N–H and O–H groups in total. The zero-order chi connectivity index (χ0) is 29.7. The van der Waals surface area contributed by atoms with Crippen LogP contribution in [0.1, 0.15) is 111 Å². The first kappa shape index (κ1) is 31.4. The van der Waals surface area contributed by atoms with Crippen LogP contribution in [0.15, 0.2) is 30.3 Å². The Morgan fingerprint density at radius 3 is 1.93 bits per heavy atom. The molecule has 218 valence electrons. The van der Waals surface area contributed by atoms with Gasteiger partial charge >= 0.3 is 5.97 Å². The second-order valence-electron chi connectivity index (χ2n) is 12.9. The van der Waals surface area contributed by atoms with Gasteiger partial charge in [0, 0.05) is 5.56 Å². The smallest absolute Gasteiger partial charge is 0.350 e. The SMILES string of the molecule is Cc1cc(C(=O)C=Cc2cc(C)c(OC(C)(C)C(=O)OC(C)(C)C)c(C)c2)cc(C)c1OCCC1CCCCC1. The first-order chi connectivity index (χ1) is 18.7. The summed E-state index contributed by atoms with van der Waals surface area (Å²) in [6, 6.07) is 7.75. The topological polar surface area (TPSA) is 61.8 Å². The van der Waals surface area contributed by atoms with Gasteiger partial charge in [0.05, 0.1) is 6.61 Å². The van der Waals surface area contributed by atoms with E-state index in [1.807, 2.05) is 78.8 Å². The van der Waals surface area contributed by atoms with Crippen LogP contribution in [0.4, 0.5) is 0 Å². The maximum atomic E-state index is 13.1. The Balaban J connectivity index is 1.67. The van der Waals surface area contributed by atoms with Crippen LogP contribution in [0, 0.1) is 33.6 Å². The van der Waals surface area contributed by atoms with E-state index < -0.39 is 17.2 Å². The fourth-order valence-corrected chi connectivity index (χ4v) is 5.33. The van der Waals surface area contributed by atoms with Crippen LogP contribution >= 0.6 is 0 Å². The van der Waals surface area contributed by atoms with Crippen molar-refractivity contribution in [2.24, 2.45) is 5.92 Å². The van der Waals surface area contributed by atoms with Crippen molar-refractivity contribution in [3.63, 3.8) is 0 Å². The molecule has 2 aromatic rings. The Morgan fingerprint density at radius 1 is 0.825 bits per heavy atom. The molecular formula is C35H48O5. The molecule has 2 aromatic carbocycles. The number of aryl methyl sites for hydroxylation is 4. The number of rotatable bonds is 10. The Hall–Kier alpha value is -3.08. The van der Waals surface area contributed by atoms with Gasteiger partial charge in [-0.25, -0.2) is 4.79 Å². The van der Waals surface area contributed by atoms with Crippen LogP contribution in [-0.2, 0) is 9.53 Å². The molecule has 0 aromatic heterocycles. The van der Waals surface area contributed by atoms with Gasteiger partial charge in [-0.2, -0.15) is 0 Å². The monoisotopic (exact) mass is 548 g/mol. The van der Waals surface area contributed by atoms with E-state index in [1.54, 1.807) is 19.9 Å². The lowest BCUT2D eigenvalue weighted by Gasteiger charge is -2.30.